The average Bonchev–Trinajstić information content (AvgIpc) is 2.56. The maximum atomic E-state index is 12.5. The third-order valence-corrected chi connectivity index (χ3v) is 3.96. The molecular formula is C17H16N4O3. The van der Waals surface area contributed by atoms with Crippen LogP contribution in [0.3, 0.4) is 0 Å². The number of aryl methyl sites for hydroxylation is 2. The summed E-state index contributed by atoms with van der Waals surface area (Å²) in [4.78, 5) is 12.5. The van der Waals surface area contributed by atoms with Gasteiger partial charge in [0.05, 0.1) is 0 Å². The summed E-state index contributed by atoms with van der Waals surface area (Å²) in [5, 5.41) is 27.3. The van der Waals surface area contributed by atoms with Crippen molar-refractivity contribution in [3.8, 4) is 0 Å². The van der Waals surface area contributed by atoms with Gasteiger partial charge in [-0.1, -0.05) is 18.2 Å². The van der Waals surface area contributed by atoms with Crippen molar-refractivity contribution in [1.82, 2.24) is 0 Å². The van der Waals surface area contributed by atoms with Gasteiger partial charge in [0.25, 0.3) is 5.52 Å². The molecule has 122 valence electrons. The molecule has 0 unspecified atom stereocenters. The number of hydrogen-bond acceptors (Lipinski definition) is 4. The molecule has 0 aliphatic carbocycles. The first-order valence-corrected chi connectivity index (χ1v) is 7.32. The average molecular weight is 324 g/mol. The predicted octanol–water partition coefficient (Wildman–Crippen LogP) is 1.56. The fourth-order valence-electron chi connectivity index (χ4n) is 2.48. The van der Waals surface area contributed by atoms with E-state index in [1.165, 1.54) is 12.1 Å². The Morgan fingerprint density at radius 1 is 1.00 bits per heavy atom. The van der Waals surface area contributed by atoms with E-state index in [9.17, 15) is 15.2 Å². The van der Waals surface area contributed by atoms with E-state index in [0.29, 0.717) is 15.1 Å². The van der Waals surface area contributed by atoms with E-state index in [-0.39, 0.29) is 11.0 Å². The summed E-state index contributed by atoms with van der Waals surface area (Å²) in [7, 11) is 0. The molecule has 0 bridgehead atoms. The van der Waals surface area contributed by atoms with Gasteiger partial charge in [0, 0.05) is 11.8 Å². The quantitative estimate of drug-likeness (QED) is 0.550. The van der Waals surface area contributed by atoms with Gasteiger partial charge in [-0.15, -0.1) is 4.73 Å². The summed E-state index contributed by atoms with van der Waals surface area (Å²) in [5.41, 5.74) is 8.07. The minimum absolute atomic E-state index is 0.0759. The number of para-hydroxylation sites is 2. The Kier molecular flexibility index (Phi) is 3.69. The second kappa shape index (κ2) is 5.69. The molecule has 3 aromatic rings. The number of carbonyl (C=O) groups is 1. The molecule has 3 rings (SSSR count). The van der Waals surface area contributed by atoms with Crippen LogP contribution in [0.25, 0.3) is 11.0 Å². The fourth-order valence-corrected chi connectivity index (χ4v) is 2.48. The predicted molar refractivity (Wildman–Crippen MR) is 90.1 cm³/mol. The van der Waals surface area contributed by atoms with Crippen LogP contribution in [-0.4, -0.2) is 5.91 Å². The maximum absolute atomic E-state index is 12.5. The minimum Gasteiger partial charge on any atom is -0.710 e. The molecule has 1 amide bonds. The molecule has 24 heavy (non-hydrogen) atoms. The molecule has 2 aromatic carbocycles. The number of benzene rings is 2. The molecule has 7 heteroatoms. The van der Waals surface area contributed by atoms with Gasteiger partial charge in [-0.05, 0) is 43.2 Å². The number of nitrogens with one attached hydrogen (secondary N) is 1. The van der Waals surface area contributed by atoms with Crippen LogP contribution in [0.4, 0.5) is 11.5 Å². The number of amides is 1. The number of anilines is 2. The van der Waals surface area contributed by atoms with Gasteiger partial charge in [0.15, 0.2) is 0 Å². The zero-order valence-electron chi connectivity index (χ0n) is 13.2. The largest absolute Gasteiger partial charge is 0.710 e. The Labute approximate surface area is 138 Å². The lowest BCUT2D eigenvalue weighted by molar-refractivity contribution is -0.619. The van der Waals surface area contributed by atoms with Crippen molar-refractivity contribution in [3.63, 3.8) is 0 Å². The van der Waals surface area contributed by atoms with E-state index in [2.05, 4.69) is 5.32 Å². The molecule has 3 N–H and O–H groups in total. The Balaban J connectivity index is 2.08. The highest BCUT2D eigenvalue weighted by Crippen LogP contribution is 2.16. The third kappa shape index (κ3) is 2.45. The minimum atomic E-state index is -0.735. The van der Waals surface area contributed by atoms with E-state index >= 15 is 0 Å². The number of nitrogens with two attached hydrogens (primary N) is 1. The molecule has 0 spiro atoms. The number of aromatic nitrogens is 2. The second-order valence-corrected chi connectivity index (χ2v) is 5.56. The molecule has 0 saturated carbocycles. The Morgan fingerprint density at radius 2 is 1.62 bits per heavy atom. The van der Waals surface area contributed by atoms with E-state index in [1.807, 2.05) is 19.9 Å². The van der Waals surface area contributed by atoms with Crippen molar-refractivity contribution in [2.75, 3.05) is 11.1 Å². The molecule has 7 nitrogen and oxygen atoms in total. The van der Waals surface area contributed by atoms with Crippen molar-refractivity contribution in [2.24, 2.45) is 0 Å². The molecule has 0 radical (unpaired) electrons. The zero-order chi connectivity index (χ0) is 17.4. The van der Waals surface area contributed by atoms with Gasteiger partial charge in [-0.3, -0.25) is 10.5 Å². The topological polar surface area (TPSA) is 109 Å². The van der Waals surface area contributed by atoms with Crippen molar-refractivity contribution in [2.45, 2.75) is 13.8 Å². The maximum Gasteiger partial charge on any atom is 0.372 e. The van der Waals surface area contributed by atoms with Gasteiger partial charge in [0.1, 0.15) is 0 Å². The summed E-state index contributed by atoms with van der Waals surface area (Å²) in [6, 6.07) is 11.5. The number of rotatable bonds is 2. The van der Waals surface area contributed by atoms with Crippen molar-refractivity contribution in [3.05, 3.63) is 69.7 Å². The summed E-state index contributed by atoms with van der Waals surface area (Å²) in [6.45, 7) is 3.86. The van der Waals surface area contributed by atoms with Gasteiger partial charge in [0.2, 0.25) is 5.52 Å². The first kappa shape index (κ1) is 15.5. The van der Waals surface area contributed by atoms with E-state index in [0.717, 1.165) is 11.1 Å². The number of nitrogen functional groups attached to an aromatic ring is 1. The van der Waals surface area contributed by atoms with Crippen LogP contribution >= 0.6 is 0 Å². The zero-order valence-corrected chi connectivity index (χ0v) is 13.2. The molecule has 0 fully saturated rings. The molecule has 0 aliphatic heterocycles. The van der Waals surface area contributed by atoms with Crippen LogP contribution in [0, 0.1) is 24.3 Å². The number of fused-ring (bicyclic) bond motifs is 1. The lowest BCUT2D eigenvalue weighted by Gasteiger charge is -2.13. The normalized spacial score (nSPS) is 10.8. The first-order valence-electron chi connectivity index (χ1n) is 7.32. The van der Waals surface area contributed by atoms with Crippen LogP contribution in [0.2, 0.25) is 0 Å². The molecule has 1 aromatic heterocycles. The molecule has 0 aliphatic rings. The Bertz CT molecular complexity index is 970. The second-order valence-electron chi connectivity index (χ2n) is 5.56. The van der Waals surface area contributed by atoms with Crippen LogP contribution in [0.1, 0.15) is 21.6 Å². The van der Waals surface area contributed by atoms with Crippen LogP contribution in [0.15, 0.2) is 42.5 Å². The Hall–Kier alpha value is -3.35. The lowest BCUT2D eigenvalue weighted by atomic mass is 10.1. The highest BCUT2D eigenvalue weighted by atomic mass is 16.5. The van der Waals surface area contributed by atoms with Crippen LogP contribution < -0.4 is 20.5 Å². The van der Waals surface area contributed by atoms with Crippen LogP contribution in [0.5, 0.6) is 0 Å². The monoisotopic (exact) mass is 324 g/mol. The number of carbonyl (C=O) groups excluding carboxylic acids is 1. The molecule has 0 atom stereocenters. The van der Waals surface area contributed by atoms with E-state index in [1.54, 1.807) is 24.3 Å². The molecule has 0 saturated heterocycles. The number of nitrogens with zero attached hydrogens (tertiary/aromatic N) is 2. The van der Waals surface area contributed by atoms with E-state index in [4.69, 9.17) is 5.73 Å². The lowest BCUT2D eigenvalue weighted by Crippen LogP contribution is -2.47. The van der Waals surface area contributed by atoms with Gasteiger partial charge in [-0.25, -0.2) is 4.73 Å². The standard InChI is InChI=1S/C17H16N4O3/c1-10-7-8-12(9-11(10)2)19-17(22)15-16(18)21(24)14-6-4-3-5-13(14)20(15)23/h3-9H,18H2,1-2H3,(H,19,22). The first-order chi connectivity index (χ1) is 11.4. The summed E-state index contributed by atoms with van der Waals surface area (Å²) in [6.07, 6.45) is 0. The highest BCUT2D eigenvalue weighted by Gasteiger charge is 2.30. The fraction of sp³-hybridized carbons (Fsp3) is 0.118. The summed E-state index contributed by atoms with van der Waals surface area (Å²) in [5.74, 6) is -1.17. The third-order valence-electron chi connectivity index (χ3n) is 3.96. The van der Waals surface area contributed by atoms with Crippen molar-refractivity contribution < 1.29 is 14.3 Å². The van der Waals surface area contributed by atoms with Gasteiger partial charge < -0.3 is 15.7 Å². The van der Waals surface area contributed by atoms with Crippen molar-refractivity contribution >= 4 is 28.4 Å². The van der Waals surface area contributed by atoms with Crippen molar-refractivity contribution in [1.29, 1.82) is 0 Å². The van der Waals surface area contributed by atoms with E-state index < -0.39 is 17.4 Å². The SMILES string of the molecule is Cc1ccc(NC(=O)c2c(N)[n+]([O-])c3ccccc3[n+]2[O-])cc1C. The summed E-state index contributed by atoms with van der Waals surface area (Å²) >= 11 is 0. The molecular weight excluding hydrogens is 308 g/mol. The number of hydrogen-bond donors (Lipinski definition) is 2. The summed E-state index contributed by atoms with van der Waals surface area (Å²) < 4.78 is 0.772. The smallest absolute Gasteiger partial charge is 0.372 e. The molecule has 1 heterocycles. The Morgan fingerprint density at radius 3 is 2.25 bits per heavy atom. The van der Waals surface area contributed by atoms with Crippen LogP contribution in [-0.2, 0) is 0 Å². The van der Waals surface area contributed by atoms with Gasteiger partial charge >= 0.3 is 17.4 Å². The van der Waals surface area contributed by atoms with Gasteiger partial charge in [-0.2, -0.15) is 0 Å². The highest BCUT2D eigenvalue weighted by molar-refractivity contribution is 6.04.